The molecule has 1 unspecified atom stereocenters. The second kappa shape index (κ2) is 12.6. The lowest BCUT2D eigenvalue weighted by atomic mass is 10.3. The van der Waals surface area contributed by atoms with E-state index in [4.69, 9.17) is 4.74 Å². The van der Waals surface area contributed by atoms with Gasteiger partial charge < -0.3 is 15.4 Å². The second-order valence-electron chi connectivity index (χ2n) is 5.97. The van der Waals surface area contributed by atoms with Crippen LogP contribution < -0.4 is 20.1 Å². The quantitative estimate of drug-likeness (QED) is 0.198. The van der Waals surface area contributed by atoms with Gasteiger partial charge in [-0.3, -0.25) is 4.99 Å². The summed E-state index contributed by atoms with van der Waals surface area (Å²) in [6.45, 7) is 2.91. The molecular weight excluding hydrogens is 510 g/mol. The summed E-state index contributed by atoms with van der Waals surface area (Å²) >= 11 is 0. The van der Waals surface area contributed by atoms with Crippen molar-refractivity contribution in [1.82, 2.24) is 15.4 Å². The number of hydrogen-bond acceptors (Lipinski definition) is 4. The van der Waals surface area contributed by atoms with Crippen molar-refractivity contribution in [1.29, 1.82) is 0 Å². The molecule has 160 valence electrons. The Kier molecular flexibility index (Phi) is 10.9. The first-order valence-electron chi connectivity index (χ1n) is 8.82. The van der Waals surface area contributed by atoms with Gasteiger partial charge in [0, 0.05) is 20.1 Å². The van der Waals surface area contributed by atoms with Crippen molar-refractivity contribution in [2.75, 3.05) is 26.7 Å². The third kappa shape index (κ3) is 8.96. The Bertz CT molecular complexity index is 865. The topological polar surface area (TPSA) is 91.8 Å². The zero-order chi connectivity index (χ0) is 20.4. The van der Waals surface area contributed by atoms with Crippen molar-refractivity contribution < 1.29 is 17.5 Å². The smallest absolute Gasteiger partial charge is 0.240 e. The van der Waals surface area contributed by atoms with Gasteiger partial charge in [0.1, 0.15) is 17.7 Å². The number of hydrogen-bond donors (Lipinski definition) is 3. The van der Waals surface area contributed by atoms with Crippen LogP contribution in [0.15, 0.2) is 64.5 Å². The van der Waals surface area contributed by atoms with E-state index in [1.54, 1.807) is 49.5 Å². The summed E-state index contributed by atoms with van der Waals surface area (Å²) in [5, 5.41) is 6.12. The normalized spacial score (nSPS) is 12.6. The minimum atomic E-state index is -3.53. The molecule has 0 fully saturated rings. The van der Waals surface area contributed by atoms with Crippen LogP contribution in [0.5, 0.6) is 5.75 Å². The van der Waals surface area contributed by atoms with Crippen molar-refractivity contribution in [3.8, 4) is 5.75 Å². The van der Waals surface area contributed by atoms with Gasteiger partial charge in [-0.2, -0.15) is 0 Å². The van der Waals surface area contributed by atoms with Gasteiger partial charge in [0.15, 0.2) is 5.96 Å². The van der Waals surface area contributed by atoms with E-state index in [-0.39, 0.29) is 47.3 Å². The number of sulfonamides is 1. The lowest BCUT2D eigenvalue weighted by Gasteiger charge is -2.18. The Morgan fingerprint density at radius 2 is 1.72 bits per heavy atom. The molecular formula is C19H26FIN4O3S. The average molecular weight is 536 g/mol. The maximum atomic E-state index is 12.9. The number of nitrogens with one attached hydrogen (secondary N) is 3. The zero-order valence-corrected chi connectivity index (χ0v) is 19.4. The molecule has 0 aliphatic carbocycles. The molecule has 0 aliphatic heterocycles. The fourth-order valence-electron chi connectivity index (χ4n) is 2.30. The highest BCUT2D eigenvalue weighted by atomic mass is 127. The van der Waals surface area contributed by atoms with Gasteiger partial charge in [-0.15, -0.1) is 24.0 Å². The molecule has 7 nitrogen and oxygen atoms in total. The minimum Gasteiger partial charge on any atom is -0.489 e. The van der Waals surface area contributed by atoms with E-state index in [9.17, 15) is 12.8 Å². The van der Waals surface area contributed by atoms with Crippen LogP contribution in [0.4, 0.5) is 4.39 Å². The summed E-state index contributed by atoms with van der Waals surface area (Å²) < 4.78 is 45.4. The minimum absolute atomic E-state index is 0. The number of halogens is 2. The van der Waals surface area contributed by atoms with Gasteiger partial charge in [0.05, 0.1) is 11.4 Å². The summed E-state index contributed by atoms with van der Waals surface area (Å²) in [4.78, 5) is 4.31. The first-order valence-corrected chi connectivity index (χ1v) is 10.3. The summed E-state index contributed by atoms with van der Waals surface area (Å²) in [7, 11) is -1.91. The summed E-state index contributed by atoms with van der Waals surface area (Å²) in [6.07, 6.45) is -0.180. The van der Waals surface area contributed by atoms with Crippen molar-refractivity contribution in [3.63, 3.8) is 0 Å². The molecule has 0 amide bonds. The van der Waals surface area contributed by atoms with Gasteiger partial charge in [-0.1, -0.05) is 18.2 Å². The van der Waals surface area contributed by atoms with Gasteiger partial charge >= 0.3 is 0 Å². The van der Waals surface area contributed by atoms with Crippen LogP contribution >= 0.6 is 24.0 Å². The summed E-state index contributed by atoms with van der Waals surface area (Å²) in [5.74, 6) is 0.785. The fourth-order valence-corrected chi connectivity index (χ4v) is 3.35. The van der Waals surface area contributed by atoms with Gasteiger partial charge in [-0.25, -0.2) is 17.5 Å². The monoisotopic (exact) mass is 536 g/mol. The Balaban J connectivity index is 0.00000420. The van der Waals surface area contributed by atoms with Crippen LogP contribution in [0.1, 0.15) is 6.92 Å². The zero-order valence-electron chi connectivity index (χ0n) is 16.3. The first-order chi connectivity index (χ1) is 13.4. The third-order valence-electron chi connectivity index (χ3n) is 3.69. The number of nitrogens with zero attached hydrogens (tertiary/aromatic N) is 1. The van der Waals surface area contributed by atoms with Gasteiger partial charge in [0.2, 0.25) is 10.0 Å². The number of benzene rings is 2. The Hall–Kier alpha value is -1.92. The Morgan fingerprint density at radius 1 is 1.07 bits per heavy atom. The molecule has 0 aliphatic rings. The highest BCUT2D eigenvalue weighted by Crippen LogP contribution is 2.12. The number of rotatable bonds is 9. The largest absolute Gasteiger partial charge is 0.489 e. The lowest BCUT2D eigenvalue weighted by Crippen LogP contribution is -2.44. The van der Waals surface area contributed by atoms with E-state index >= 15 is 0 Å². The maximum absolute atomic E-state index is 12.9. The van der Waals surface area contributed by atoms with E-state index in [2.05, 4.69) is 20.3 Å². The second-order valence-corrected chi connectivity index (χ2v) is 7.74. The molecule has 3 N–H and O–H groups in total. The van der Waals surface area contributed by atoms with Crippen LogP contribution in [0.3, 0.4) is 0 Å². The van der Waals surface area contributed by atoms with Crippen LogP contribution in [0.25, 0.3) is 0 Å². The predicted molar refractivity (Wildman–Crippen MR) is 123 cm³/mol. The Morgan fingerprint density at radius 3 is 2.34 bits per heavy atom. The molecule has 1 atom stereocenters. The molecule has 0 saturated heterocycles. The highest BCUT2D eigenvalue weighted by molar-refractivity contribution is 14.0. The Labute approximate surface area is 188 Å². The molecule has 0 aromatic heterocycles. The van der Waals surface area contributed by atoms with Crippen LogP contribution in [0, 0.1) is 5.82 Å². The SMILES string of the molecule is CN=C(NCCNS(=O)(=O)c1ccccc1)NCC(C)Oc1ccc(F)cc1.I. The molecule has 0 saturated carbocycles. The van der Waals surface area contributed by atoms with Gasteiger partial charge in [0.25, 0.3) is 0 Å². The van der Waals surface area contributed by atoms with Crippen molar-refractivity contribution >= 4 is 40.0 Å². The van der Waals surface area contributed by atoms with E-state index in [0.29, 0.717) is 24.8 Å². The average Bonchev–Trinajstić information content (AvgIpc) is 2.70. The summed E-state index contributed by atoms with van der Waals surface area (Å²) in [6, 6.07) is 14.0. The van der Waals surface area contributed by atoms with Crippen LogP contribution in [-0.4, -0.2) is 47.2 Å². The van der Waals surface area contributed by atoms with E-state index < -0.39 is 10.0 Å². The standard InChI is InChI=1S/C19H25FN4O3S.HI/c1-15(27-17-10-8-16(20)9-11-17)14-23-19(21-2)22-12-13-24-28(25,26)18-6-4-3-5-7-18;/h3-11,15,24H,12-14H2,1-2H3,(H2,21,22,23);1H. The van der Waals surface area contributed by atoms with Gasteiger partial charge in [-0.05, 0) is 43.3 Å². The van der Waals surface area contributed by atoms with Crippen molar-refractivity contribution in [2.45, 2.75) is 17.9 Å². The van der Waals surface area contributed by atoms with Crippen LogP contribution in [0.2, 0.25) is 0 Å². The molecule has 0 heterocycles. The predicted octanol–water partition coefficient (Wildman–Crippen LogP) is 2.35. The van der Waals surface area contributed by atoms with E-state index in [1.807, 2.05) is 6.92 Å². The molecule has 10 heteroatoms. The molecule has 0 radical (unpaired) electrons. The lowest BCUT2D eigenvalue weighted by molar-refractivity contribution is 0.223. The molecule has 2 aromatic rings. The first kappa shape index (κ1) is 25.1. The number of aliphatic imine (C=N–C) groups is 1. The number of guanidine groups is 1. The molecule has 2 rings (SSSR count). The molecule has 0 bridgehead atoms. The van der Waals surface area contributed by atoms with E-state index in [0.717, 1.165) is 0 Å². The third-order valence-corrected chi connectivity index (χ3v) is 5.17. The van der Waals surface area contributed by atoms with Crippen molar-refractivity contribution in [3.05, 3.63) is 60.4 Å². The summed E-state index contributed by atoms with van der Waals surface area (Å²) in [5.41, 5.74) is 0. The highest BCUT2D eigenvalue weighted by Gasteiger charge is 2.12. The molecule has 29 heavy (non-hydrogen) atoms. The maximum Gasteiger partial charge on any atom is 0.240 e. The molecule has 2 aromatic carbocycles. The van der Waals surface area contributed by atoms with Crippen LogP contribution in [-0.2, 0) is 10.0 Å². The van der Waals surface area contributed by atoms with E-state index in [1.165, 1.54) is 12.1 Å². The fraction of sp³-hybridized carbons (Fsp3) is 0.316. The van der Waals surface area contributed by atoms with Crippen molar-refractivity contribution in [2.24, 2.45) is 4.99 Å². The number of ether oxygens (including phenoxy) is 1. The molecule has 0 spiro atoms.